The fourth-order valence-electron chi connectivity index (χ4n) is 11.5. The highest BCUT2D eigenvalue weighted by molar-refractivity contribution is 8.00. The summed E-state index contributed by atoms with van der Waals surface area (Å²) in [7, 11) is 0. The number of nitrogens with zero attached hydrogens (tertiary/aromatic N) is 3. The molecule has 0 unspecified atom stereocenters. The molecule has 9 aromatic rings. The zero-order valence-corrected chi connectivity index (χ0v) is 41.1. The van der Waals surface area contributed by atoms with E-state index in [0.29, 0.717) is 17.8 Å². The van der Waals surface area contributed by atoms with Gasteiger partial charge in [0.25, 0.3) is 0 Å². The first-order chi connectivity index (χ1) is 33.7. The molecule has 3 nitrogen and oxygen atoms in total. The van der Waals surface area contributed by atoms with E-state index in [1.54, 1.807) is 0 Å². The SMILES string of the molecule is CC(C)c1cc(C(C)C)c(B2c3ccc(N(c4ccccc4)c4ccccc4)cc3N(c3ccccc3)c3cc4c(cc32)B2c3ccccc3Sc3cccc(c32)N4c2ccccc2)c(C(C)C)c1. The summed E-state index contributed by atoms with van der Waals surface area (Å²) in [6.45, 7) is 14.3. The summed E-state index contributed by atoms with van der Waals surface area (Å²) in [4.78, 5) is 10.2. The van der Waals surface area contributed by atoms with Crippen molar-refractivity contribution in [3.05, 3.63) is 223 Å². The standard InChI is InChI=1S/C63H55B2N3S/c1-41(2)44-36-50(42(3)4)62(51(37-44)43(5)6)64-52-35-34-49(66(45-22-11-7-12-23-45)46-24-13-8-14-25-46)38-57(52)68(48-28-17-10-18-29-48)59-40-58-55(39-54(59)64)65-53-30-19-20-32-60(53)69-61-33-21-31-56(63(61)65)67(58)47-26-15-9-16-27-47/h7-43H,1-6H3. The highest BCUT2D eigenvalue weighted by Crippen LogP contribution is 2.46. The van der Waals surface area contributed by atoms with Crippen LogP contribution in [0.15, 0.2) is 216 Å². The highest BCUT2D eigenvalue weighted by Gasteiger charge is 2.45. The van der Waals surface area contributed by atoms with E-state index in [-0.39, 0.29) is 13.4 Å². The Morgan fingerprint density at radius 2 is 0.855 bits per heavy atom. The molecule has 0 N–H and O–H groups in total. The lowest BCUT2D eigenvalue weighted by Gasteiger charge is -2.44. The van der Waals surface area contributed by atoms with Crippen LogP contribution in [0.4, 0.5) is 51.2 Å². The monoisotopic (exact) mass is 907 g/mol. The van der Waals surface area contributed by atoms with Crippen LogP contribution < -0.4 is 47.5 Å². The van der Waals surface area contributed by atoms with E-state index in [0.717, 1.165) is 28.4 Å². The van der Waals surface area contributed by atoms with Gasteiger partial charge < -0.3 is 14.7 Å². The molecular weight excluding hydrogens is 852 g/mol. The van der Waals surface area contributed by atoms with Crippen LogP contribution in [0.3, 0.4) is 0 Å². The first-order valence-electron chi connectivity index (χ1n) is 24.7. The van der Waals surface area contributed by atoms with E-state index in [4.69, 9.17) is 0 Å². The van der Waals surface area contributed by atoms with Gasteiger partial charge in [0.05, 0.1) is 0 Å². The summed E-state index contributed by atoms with van der Waals surface area (Å²) < 4.78 is 0. The number of fused-ring (bicyclic) bond motifs is 6. The van der Waals surface area contributed by atoms with Gasteiger partial charge in [-0.05, 0) is 141 Å². The molecule has 0 bridgehead atoms. The van der Waals surface area contributed by atoms with E-state index in [1.807, 2.05) is 11.8 Å². The van der Waals surface area contributed by atoms with Crippen LogP contribution in [0.5, 0.6) is 0 Å². The second-order valence-electron chi connectivity index (χ2n) is 19.8. The van der Waals surface area contributed by atoms with Crippen LogP contribution in [-0.2, 0) is 0 Å². The topological polar surface area (TPSA) is 9.72 Å². The summed E-state index contributed by atoms with van der Waals surface area (Å²) in [5.41, 5.74) is 23.0. The van der Waals surface area contributed by atoms with Crippen LogP contribution in [0.1, 0.15) is 76.0 Å². The molecule has 69 heavy (non-hydrogen) atoms. The third-order valence-electron chi connectivity index (χ3n) is 14.6. The molecule has 0 saturated heterocycles. The Morgan fingerprint density at radius 3 is 1.42 bits per heavy atom. The van der Waals surface area contributed by atoms with Crippen LogP contribution in [0.25, 0.3) is 0 Å². The molecule has 0 fully saturated rings. The predicted molar refractivity (Wildman–Crippen MR) is 299 cm³/mol. The normalized spacial score (nSPS) is 13.3. The van der Waals surface area contributed by atoms with Gasteiger partial charge in [-0.25, -0.2) is 0 Å². The Morgan fingerprint density at radius 1 is 0.362 bits per heavy atom. The van der Waals surface area contributed by atoms with E-state index < -0.39 is 0 Å². The Bertz CT molecular complexity index is 3310. The highest BCUT2D eigenvalue weighted by atomic mass is 32.2. The molecule has 6 heteroatoms. The number of hydrogen-bond donors (Lipinski definition) is 0. The van der Waals surface area contributed by atoms with Crippen molar-refractivity contribution in [1.82, 2.24) is 0 Å². The molecule has 3 aliphatic rings. The van der Waals surface area contributed by atoms with E-state index in [2.05, 4.69) is 262 Å². The molecule has 9 aromatic carbocycles. The summed E-state index contributed by atoms with van der Waals surface area (Å²) >= 11 is 1.91. The molecule has 0 radical (unpaired) electrons. The minimum atomic E-state index is -0.0535. The first kappa shape index (κ1) is 43.2. The van der Waals surface area contributed by atoms with Crippen molar-refractivity contribution in [3.63, 3.8) is 0 Å². The largest absolute Gasteiger partial charge is 0.311 e. The second kappa shape index (κ2) is 17.4. The molecule has 0 atom stereocenters. The average Bonchev–Trinajstić information content (AvgIpc) is 3.38. The van der Waals surface area contributed by atoms with Gasteiger partial charge in [0.15, 0.2) is 0 Å². The molecule has 3 heterocycles. The Hall–Kier alpha value is -7.14. The summed E-state index contributed by atoms with van der Waals surface area (Å²) in [6.07, 6.45) is 0. The van der Waals surface area contributed by atoms with Crippen molar-refractivity contribution < 1.29 is 0 Å². The van der Waals surface area contributed by atoms with Gasteiger partial charge in [-0.15, -0.1) is 0 Å². The number of para-hydroxylation sites is 4. The molecule has 0 saturated carbocycles. The fraction of sp³-hybridized carbons (Fsp3) is 0.143. The minimum Gasteiger partial charge on any atom is -0.311 e. The van der Waals surface area contributed by atoms with Crippen LogP contribution in [0.2, 0.25) is 0 Å². The van der Waals surface area contributed by atoms with Crippen molar-refractivity contribution in [1.29, 1.82) is 0 Å². The van der Waals surface area contributed by atoms with Crippen molar-refractivity contribution in [2.75, 3.05) is 14.7 Å². The summed E-state index contributed by atoms with van der Waals surface area (Å²) in [5.74, 6) is 1.03. The molecular formula is C63H55B2N3S. The maximum absolute atomic E-state index is 2.65. The Labute approximate surface area is 413 Å². The lowest BCUT2D eigenvalue weighted by atomic mass is 9.30. The van der Waals surface area contributed by atoms with Gasteiger partial charge in [-0.3, -0.25) is 0 Å². The molecule has 0 spiro atoms. The average molecular weight is 908 g/mol. The van der Waals surface area contributed by atoms with E-state index in [1.165, 1.54) is 82.0 Å². The maximum atomic E-state index is 2.65. The zero-order valence-electron chi connectivity index (χ0n) is 40.3. The summed E-state index contributed by atoms with van der Waals surface area (Å²) in [6, 6.07) is 77.4. The van der Waals surface area contributed by atoms with Crippen molar-refractivity contribution in [2.24, 2.45) is 0 Å². The molecule has 334 valence electrons. The second-order valence-corrected chi connectivity index (χ2v) is 20.9. The molecule has 0 aliphatic carbocycles. The minimum absolute atomic E-state index is 0.0535. The van der Waals surface area contributed by atoms with Gasteiger partial charge in [-0.1, -0.05) is 186 Å². The smallest absolute Gasteiger partial charge is 0.249 e. The zero-order chi connectivity index (χ0) is 46.9. The first-order valence-corrected chi connectivity index (χ1v) is 25.6. The van der Waals surface area contributed by atoms with Crippen molar-refractivity contribution in [2.45, 2.75) is 69.1 Å². The van der Waals surface area contributed by atoms with Crippen LogP contribution in [0, 0.1) is 0 Å². The quantitative estimate of drug-likeness (QED) is 0.133. The molecule has 12 rings (SSSR count). The Kier molecular flexibility index (Phi) is 10.9. The van der Waals surface area contributed by atoms with Crippen molar-refractivity contribution in [3.8, 4) is 0 Å². The fourth-order valence-corrected chi connectivity index (χ4v) is 12.6. The van der Waals surface area contributed by atoms with Crippen molar-refractivity contribution >= 4 is 109 Å². The molecule has 3 aliphatic heterocycles. The van der Waals surface area contributed by atoms with Crippen LogP contribution >= 0.6 is 11.8 Å². The van der Waals surface area contributed by atoms with Gasteiger partial charge >= 0.3 is 0 Å². The predicted octanol–water partition coefficient (Wildman–Crippen LogP) is 13.6. The number of hydrogen-bond acceptors (Lipinski definition) is 4. The summed E-state index contributed by atoms with van der Waals surface area (Å²) in [5, 5.41) is 0. The maximum Gasteiger partial charge on any atom is 0.249 e. The van der Waals surface area contributed by atoms with E-state index in [9.17, 15) is 0 Å². The van der Waals surface area contributed by atoms with Gasteiger partial charge in [-0.2, -0.15) is 0 Å². The van der Waals surface area contributed by atoms with Crippen LogP contribution in [-0.4, -0.2) is 13.4 Å². The van der Waals surface area contributed by atoms with Gasteiger partial charge in [0, 0.05) is 61.0 Å². The molecule has 0 amide bonds. The Balaban J connectivity index is 1.22. The number of rotatable bonds is 9. The molecule has 0 aromatic heterocycles. The lowest BCUT2D eigenvalue weighted by molar-refractivity contribution is 0.812. The lowest BCUT2D eigenvalue weighted by Crippen LogP contribution is -2.64. The third kappa shape index (κ3) is 7.22. The number of anilines is 9. The van der Waals surface area contributed by atoms with Gasteiger partial charge in [0.1, 0.15) is 0 Å². The number of benzene rings is 9. The van der Waals surface area contributed by atoms with Gasteiger partial charge in [0.2, 0.25) is 13.4 Å². The third-order valence-corrected chi connectivity index (χ3v) is 15.8. The van der Waals surface area contributed by atoms with E-state index >= 15 is 0 Å².